The summed E-state index contributed by atoms with van der Waals surface area (Å²) in [5, 5.41) is 4.50. The molecule has 0 atom stereocenters. The average molecular weight is 322 g/mol. The van der Waals surface area contributed by atoms with E-state index in [0.717, 1.165) is 43.1 Å². The highest BCUT2D eigenvalue weighted by molar-refractivity contribution is 5.32. The summed E-state index contributed by atoms with van der Waals surface area (Å²) < 4.78 is 39.8. The zero-order valence-corrected chi connectivity index (χ0v) is 12.6. The molecule has 4 bridgehead atoms. The van der Waals surface area contributed by atoms with Crippen molar-refractivity contribution in [1.82, 2.24) is 19.6 Å². The van der Waals surface area contributed by atoms with Crippen LogP contribution in [-0.4, -0.2) is 19.6 Å². The Morgan fingerprint density at radius 3 is 2.17 bits per heavy atom. The Labute approximate surface area is 131 Å². The van der Waals surface area contributed by atoms with Gasteiger partial charge in [0, 0.05) is 11.6 Å². The number of halogens is 3. The SMILES string of the molecule is FC(F)(F)c1ccn2nc(C34CC5CC(CC(C5)C3)C4)nc2n1. The lowest BCUT2D eigenvalue weighted by Crippen LogP contribution is -2.49. The van der Waals surface area contributed by atoms with Gasteiger partial charge in [-0.25, -0.2) is 9.50 Å². The van der Waals surface area contributed by atoms with Crippen LogP contribution in [0.15, 0.2) is 12.3 Å². The minimum absolute atomic E-state index is 0.0269. The fourth-order valence-corrected chi connectivity index (χ4v) is 5.54. The highest BCUT2D eigenvalue weighted by Crippen LogP contribution is 2.60. The van der Waals surface area contributed by atoms with Gasteiger partial charge in [-0.2, -0.15) is 18.2 Å². The topological polar surface area (TPSA) is 43.1 Å². The molecule has 0 unspecified atom stereocenters. The quantitative estimate of drug-likeness (QED) is 0.805. The van der Waals surface area contributed by atoms with E-state index < -0.39 is 11.9 Å². The van der Waals surface area contributed by atoms with Crippen LogP contribution in [0.4, 0.5) is 13.2 Å². The van der Waals surface area contributed by atoms with Gasteiger partial charge < -0.3 is 0 Å². The van der Waals surface area contributed by atoms with Crippen molar-refractivity contribution in [3.63, 3.8) is 0 Å². The second-order valence-electron chi connectivity index (χ2n) is 7.69. The molecule has 2 aromatic heterocycles. The first-order valence-corrected chi connectivity index (χ1v) is 8.22. The number of rotatable bonds is 1. The number of hydrogen-bond donors (Lipinski definition) is 0. The first-order chi connectivity index (χ1) is 10.9. The Bertz CT molecular complexity index is 744. The number of fused-ring (bicyclic) bond motifs is 1. The van der Waals surface area contributed by atoms with Crippen molar-refractivity contribution in [1.29, 1.82) is 0 Å². The molecule has 0 amide bonds. The van der Waals surface area contributed by atoms with E-state index in [-0.39, 0.29) is 11.2 Å². The van der Waals surface area contributed by atoms with Crippen LogP contribution in [0.2, 0.25) is 0 Å². The Morgan fingerprint density at radius 1 is 1.00 bits per heavy atom. The highest BCUT2D eigenvalue weighted by atomic mass is 19.4. The van der Waals surface area contributed by atoms with Crippen molar-refractivity contribution in [3.05, 3.63) is 23.8 Å². The maximum Gasteiger partial charge on any atom is 0.433 e. The van der Waals surface area contributed by atoms with Gasteiger partial charge in [-0.3, -0.25) is 0 Å². The van der Waals surface area contributed by atoms with Crippen LogP contribution in [0.5, 0.6) is 0 Å². The van der Waals surface area contributed by atoms with Gasteiger partial charge in [-0.05, 0) is 62.3 Å². The molecule has 6 rings (SSSR count). The summed E-state index contributed by atoms with van der Waals surface area (Å²) in [5.41, 5.74) is -0.935. The molecule has 0 saturated heterocycles. The molecule has 4 fully saturated rings. The minimum Gasteiger partial charge on any atom is -0.206 e. The second kappa shape index (κ2) is 4.24. The number of alkyl halides is 3. The first-order valence-electron chi connectivity index (χ1n) is 8.22. The van der Waals surface area contributed by atoms with E-state index in [9.17, 15) is 13.2 Å². The van der Waals surface area contributed by atoms with Gasteiger partial charge in [0.1, 0.15) is 5.69 Å². The normalized spacial score (nSPS) is 36.0. The monoisotopic (exact) mass is 322 g/mol. The molecule has 0 aromatic carbocycles. The van der Waals surface area contributed by atoms with E-state index in [4.69, 9.17) is 0 Å². The van der Waals surface area contributed by atoms with Crippen LogP contribution < -0.4 is 0 Å². The summed E-state index contributed by atoms with van der Waals surface area (Å²) in [4.78, 5) is 8.08. The molecular weight excluding hydrogens is 305 g/mol. The van der Waals surface area contributed by atoms with Crippen LogP contribution >= 0.6 is 0 Å². The summed E-state index contributed by atoms with van der Waals surface area (Å²) >= 11 is 0. The van der Waals surface area contributed by atoms with E-state index >= 15 is 0 Å². The van der Waals surface area contributed by atoms with Crippen molar-refractivity contribution < 1.29 is 13.2 Å². The highest BCUT2D eigenvalue weighted by Gasteiger charge is 2.53. The molecule has 23 heavy (non-hydrogen) atoms. The summed E-state index contributed by atoms with van der Waals surface area (Å²) in [5.74, 6) is 3.00. The zero-order chi connectivity index (χ0) is 15.8. The van der Waals surface area contributed by atoms with Crippen molar-refractivity contribution in [2.24, 2.45) is 17.8 Å². The smallest absolute Gasteiger partial charge is 0.206 e. The first kappa shape index (κ1) is 13.7. The lowest BCUT2D eigenvalue weighted by Gasteiger charge is -2.55. The molecule has 4 saturated carbocycles. The Kier molecular flexibility index (Phi) is 2.54. The van der Waals surface area contributed by atoms with Crippen molar-refractivity contribution in [2.45, 2.75) is 50.1 Å². The molecule has 0 N–H and O–H groups in total. The standard InChI is InChI=1S/C16H17F3N4/c17-16(18,19)12-1-2-23-14(20-12)21-13(22-23)15-6-9-3-10(7-15)5-11(4-9)8-15/h1-2,9-11H,3-8H2. The third-order valence-electron chi connectivity index (χ3n) is 6.01. The van der Waals surface area contributed by atoms with Crippen LogP contribution in [0.3, 0.4) is 0 Å². The predicted molar refractivity (Wildman–Crippen MR) is 75.6 cm³/mol. The molecule has 0 spiro atoms. The fourth-order valence-electron chi connectivity index (χ4n) is 5.54. The molecule has 7 heteroatoms. The maximum absolute atomic E-state index is 12.8. The fraction of sp³-hybridized carbons (Fsp3) is 0.688. The molecule has 0 radical (unpaired) electrons. The van der Waals surface area contributed by atoms with E-state index in [1.54, 1.807) is 0 Å². The summed E-state index contributed by atoms with van der Waals surface area (Å²) in [7, 11) is 0. The van der Waals surface area contributed by atoms with Crippen molar-refractivity contribution >= 4 is 5.78 Å². The van der Waals surface area contributed by atoms with E-state index in [0.29, 0.717) is 5.82 Å². The van der Waals surface area contributed by atoms with Crippen molar-refractivity contribution in [2.75, 3.05) is 0 Å². The Balaban J connectivity index is 1.58. The third kappa shape index (κ3) is 2.01. The maximum atomic E-state index is 12.8. The van der Waals surface area contributed by atoms with Gasteiger partial charge in [0.25, 0.3) is 5.78 Å². The molecule has 2 aromatic rings. The van der Waals surface area contributed by atoms with E-state index in [1.807, 2.05) is 0 Å². The van der Waals surface area contributed by atoms with Gasteiger partial charge >= 0.3 is 6.18 Å². The minimum atomic E-state index is -4.45. The molecule has 0 aliphatic heterocycles. The lowest BCUT2D eigenvalue weighted by atomic mass is 9.49. The number of aromatic nitrogens is 4. The van der Waals surface area contributed by atoms with Crippen LogP contribution in [-0.2, 0) is 11.6 Å². The van der Waals surface area contributed by atoms with E-state index in [1.165, 1.54) is 30.0 Å². The molecular formula is C16H17F3N4. The van der Waals surface area contributed by atoms with Gasteiger partial charge in [-0.1, -0.05) is 0 Å². The van der Waals surface area contributed by atoms with Crippen LogP contribution in [0.25, 0.3) is 5.78 Å². The number of nitrogens with zero attached hydrogens (tertiary/aromatic N) is 4. The Morgan fingerprint density at radius 2 is 1.61 bits per heavy atom. The van der Waals surface area contributed by atoms with Gasteiger partial charge in [0.2, 0.25) is 0 Å². The van der Waals surface area contributed by atoms with Crippen LogP contribution in [0, 0.1) is 17.8 Å². The van der Waals surface area contributed by atoms with Gasteiger partial charge in [0.15, 0.2) is 5.82 Å². The Hall–Kier alpha value is -1.66. The second-order valence-corrected chi connectivity index (χ2v) is 7.69. The molecule has 4 aliphatic carbocycles. The summed E-state index contributed by atoms with van der Waals surface area (Å²) in [6.45, 7) is 0. The van der Waals surface area contributed by atoms with Gasteiger partial charge in [0.05, 0.1) is 0 Å². The van der Waals surface area contributed by atoms with E-state index in [2.05, 4.69) is 15.1 Å². The van der Waals surface area contributed by atoms with Crippen molar-refractivity contribution in [3.8, 4) is 0 Å². The lowest BCUT2D eigenvalue weighted by molar-refractivity contribution is -0.141. The van der Waals surface area contributed by atoms with Gasteiger partial charge in [-0.15, -0.1) is 5.10 Å². The summed E-state index contributed by atoms with van der Waals surface area (Å²) in [6, 6.07) is 0.963. The molecule has 4 aliphatic rings. The molecule has 122 valence electrons. The average Bonchev–Trinajstić information content (AvgIpc) is 2.88. The van der Waals surface area contributed by atoms with Crippen LogP contribution in [0.1, 0.15) is 50.0 Å². The molecule has 2 heterocycles. The number of hydrogen-bond acceptors (Lipinski definition) is 3. The summed E-state index contributed by atoms with van der Waals surface area (Å²) in [6.07, 6.45) is 4.05. The third-order valence-corrected chi connectivity index (χ3v) is 6.01. The predicted octanol–water partition coefficient (Wildman–Crippen LogP) is 3.61. The molecule has 4 nitrogen and oxygen atoms in total. The zero-order valence-electron chi connectivity index (χ0n) is 12.6. The largest absolute Gasteiger partial charge is 0.433 e.